The third-order valence-corrected chi connectivity index (χ3v) is 16.7. The Bertz CT molecular complexity index is 4930. The predicted molar refractivity (Wildman–Crippen MR) is 355 cm³/mol. The Balaban J connectivity index is 1.01. The minimum atomic E-state index is 0.571. The highest BCUT2D eigenvalue weighted by molar-refractivity contribution is 6.14. The normalized spacial score (nSPS) is 11.5. The van der Waals surface area contributed by atoms with Gasteiger partial charge in [-0.15, -0.1) is 0 Å². The van der Waals surface area contributed by atoms with Gasteiger partial charge in [-0.25, -0.2) is 15.0 Å². The molecule has 0 bridgehead atoms. The molecular weight excluding hydrogens is 1040 g/mol. The fourth-order valence-corrected chi connectivity index (χ4v) is 12.5. The number of hydrogen-bond acceptors (Lipinski definition) is 4. The minimum absolute atomic E-state index is 0.571. The topological polar surface area (TPSA) is 61.4 Å². The van der Waals surface area contributed by atoms with Gasteiger partial charge in [0, 0.05) is 61.8 Å². The molecule has 402 valence electrons. The van der Waals surface area contributed by atoms with Crippen LogP contribution in [0.3, 0.4) is 0 Å². The summed E-state index contributed by atoms with van der Waals surface area (Å²) in [6, 6.07) is 109. The largest absolute Gasteiger partial charge is 0.309 e. The lowest BCUT2D eigenvalue weighted by atomic mass is 9.95. The number of pyridine rings is 1. The maximum atomic E-state index is 5.34. The van der Waals surface area contributed by atoms with Crippen molar-refractivity contribution in [3.05, 3.63) is 316 Å². The molecule has 0 N–H and O–H groups in total. The Kier molecular flexibility index (Phi) is 12.4. The van der Waals surface area contributed by atoms with Crippen LogP contribution in [0.5, 0.6) is 0 Å². The predicted octanol–water partition coefficient (Wildman–Crippen LogP) is 20.5. The number of fused-ring (bicyclic) bond motifs is 6. The van der Waals surface area contributed by atoms with Crippen molar-refractivity contribution in [3.8, 4) is 112 Å². The first-order valence-corrected chi connectivity index (χ1v) is 29.1. The van der Waals surface area contributed by atoms with Crippen molar-refractivity contribution in [2.24, 2.45) is 0 Å². The van der Waals surface area contributed by atoms with Crippen LogP contribution in [-0.2, 0) is 0 Å². The van der Waals surface area contributed by atoms with E-state index < -0.39 is 0 Å². The second-order valence-corrected chi connectivity index (χ2v) is 21.8. The second-order valence-electron chi connectivity index (χ2n) is 21.8. The second kappa shape index (κ2) is 21.3. The summed E-state index contributed by atoms with van der Waals surface area (Å²) >= 11 is 0. The van der Waals surface area contributed by atoms with Gasteiger partial charge in [0.2, 0.25) is 0 Å². The average Bonchev–Trinajstić information content (AvgIpc) is 2.82. The molecule has 0 aliphatic carbocycles. The third kappa shape index (κ3) is 9.01. The molecule has 0 spiro atoms. The van der Waals surface area contributed by atoms with Crippen molar-refractivity contribution in [2.45, 2.75) is 0 Å². The molecule has 4 aromatic heterocycles. The molecule has 12 aromatic carbocycles. The van der Waals surface area contributed by atoms with Crippen LogP contribution in [0.4, 0.5) is 0 Å². The Morgan fingerprint density at radius 3 is 0.884 bits per heavy atom. The summed E-state index contributed by atoms with van der Waals surface area (Å²) in [5, 5.41) is 4.63. The minimum Gasteiger partial charge on any atom is -0.309 e. The number of benzene rings is 12. The van der Waals surface area contributed by atoms with E-state index in [2.05, 4.69) is 281 Å². The molecule has 0 fully saturated rings. The van der Waals surface area contributed by atoms with Crippen LogP contribution < -0.4 is 0 Å². The molecule has 16 aromatic rings. The first-order chi connectivity index (χ1) is 42.6. The lowest BCUT2D eigenvalue weighted by Gasteiger charge is -2.21. The van der Waals surface area contributed by atoms with E-state index in [1.54, 1.807) is 0 Å². The molecule has 4 heterocycles. The highest BCUT2D eigenvalue weighted by atomic mass is 15.0. The van der Waals surface area contributed by atoms with Gasteiger partial charge in [0.1, 0.15) is 0 Å². The van der Waals surface area contributed by atoms with Gasteiger partial charge in [-0.05, 0) is 141 Å². The van der Waals surface area contributed by atoms with Crippen molar-refractivity contribution in [3.63, 3.8) is 0 Å². The average molecular weight is 1100 g/mol. The highest BCUT2D eigenvalue weighted by Gasteiger charge is 2.25. The van der Waals surface area contributed by atoms with Crippen LogP contribution in [0.25, 0.3) is 156 Å². The van der Waals surface area contributed by atoms with E-state index >= 15 is 0 Å². The van der Waals surface area contributed by atoms with Crippen LogP contribution in [0.2, 0.25) is 0 Å². The van der Waals surface area contributed by atoms with E-state index in [-0.39, 0.29) is 0 Å². The Hall–Kier alpha value is -11.6. The molecule has 0 unspecified atom stereocenters. The van der Waals surface area contributed by atoms with Crippen molar-refractivity contribution in [2.75, 3.05) is 0 Å². The van der Waals surface area contributed by atoms with Crippen LogP contribution in [0.15, 0.2) is 316 Å². The van der Waals surface area contributed by atoms with Gasteiger partial charge in [-0.3, -0.25) is 4.98 Å². The SMILES string of the molecule is c1ccc(-c2ccc3c(c2)c2cc(-c4ccccc4)ccc2n3-c2ccc(-c3nc(-c4ccccc4)nc(-c4ccccc4)n3)cc2-c2ccc(-c3ccncc3)cc2-n2c3ccc(-c4ccccc4)cc3c3cc(-c4ccccc4)ccc32)cc1. The van der Waals surface area contributed by atoms with Crippen LogP contribution in [0.1, 0.15) is 0 Å². The highest BCUT2D eigenvalue weighted by Crippen LogP contribution is 2.46. The summed E-state index contributed by atoms with van der Waals surface area (Å²) in [7, 11) is 0. The number of aromatic nitrogens is 6. The first kappa shape index (κ1) is 50.2. The third-order valence-electron chi connectivity index (χ3n) is 16.7. The Morgan fingerprint density at radius 2 is 0.500 bits per heavy atom. The van der Waals surface area contributed by atoms with Gasteiger partial charge in [0.15, 0.2) is 17.5 Å². The van der Waals surface area contributed by atoms with Crippen LogP contribution >= 0.6 is 0 Å². The van der Waals surface area contributed by atoms with Crippen LogP contribution in [0, 0.1) is 0 Å². The van der Waals surface area contributed by atoms with Crippen molar-refractivity contribution >= 4 is 43.6 Å². The molecule has 0 aliphatic rings. The molecule has 0 saturated carbocycles. The Morgan fingerprint density at radius 1 is 0.198 bits per heavy atom. The van der Waals surface area contributed by atoms with Gasteiger partial charge in [0.25, 0.3) is 0 Å². The van der Waals surface area contributed by atoms with E-state index in [0.29, 0.717) is 17.5 Å². The van der Waals surface area contributed by atoms with Crippen molar-refractivity contribution < 1.29 is 0 Å². The molecule has 0 amide bonds. The monoisotopic (exact) mass is 1100 g/mol. The summed E-state index contributed by atoms with van der Waals surface area (Å²) in [6.07, 6.45) is 3.75. The fourth-order valence-electron chi connectivity index (χ4n) is 12.5. The van der Waals surface area contributed by atoms with Crippen molar-refractivity contribution in [1.82, 2.24) is 29.1 Å². The van der Waals surface area contributed by atoms with Gasteiger partial charge in [-0.1, -0.05) is 218 Å². The Labute approximate surface area is 498 Å². The van der Waals surface area contributed by atoms with E-state index in [0.717, 1.165) is 116 Å². The first-order valence-electron chi connectivity index (χ1n) is 29.1. The number of rotatable bonds is 11. The molecule has 6 heteroatoms. The van der Waals surface area contributed by atoms with Gasteiger partial charge in [0.05, 0.1) is 33.4 Å². The molecule has 0 aliphatic heterocycles. The zero-order valence-electron chi connectivity index (χ0n) is 46.7. The molecule has 86 heavy (non-hydrogen) atoms. The van der Waals surface area contributed by atoms with E-state index in [1.807, 2.05) is 48.8 Å². The fraction of sp³-hybridized carbons (Fsp3) is 0. The summed E-state index contributed by atoms with van der Waals surface area (Å²) in [4.78, 5) is 20.3. The zero-order chi connectivity index (χ0) is 56.9. The van der Waals surface area contributed by atoms with Crippen LogP contribution in [-0.4, -0.2) is 29.1 Å². The standard InChI is InChI=1S/C80H52N6/c1-7-19-53(20-8-1)60-32-38-73-68(47-60)69-48-61(54-21-9-2-10-22-54)33-39-74(69)85(73)72-42-36-65(80-83-78(58-27-15-5-16-28-58)82-79(84-80)59-29-17-6-18-30-59)51-67(72)66-37-31-64(57-43-45-81-46-44-57)52-77(66)86-75-40-34-62(55-23-11-3-12-24-55)49-70(75)71-50-63(35-41-76(71)86)56-25-13-4-14-26-56/h1-52H. The molecule has 6 nitrogen and oxygen atoms in total. The van der Waals surface area contributed by atoms with Gasteiger partial charge >= 0.3 is 0 Å². The summed E-state index contributed by atoms with van der Waals surface area (Å²) in [5.74, 6) is 1.77. The van der Waals surface area contributed by atoms with E-state index in [4.69, 9.17) is 15.0 Å². The van der Waals surface area contributed by atoms with Gasteiger partial charge < -0.3 is 9.13 Å². The molecule has 0 atom stereocenters. The smallest absolute Gasteiger partial charge is 0.164 e. The van der Waals surface area contributed by atoms with E-state index in [9.17, 15) is 0 Å². The lowest BCUT2D eigenvalue weighted by molar-refractivity contribution is 1.07. The molecule has 0 radical (unpaired) electrons. The molecular formula is C80H52N6. The summed E-state index contributed by atoms with van der Waals surface area (Å²) < 4.78 is 4.95. The van der Waals surface area contributed by atoms with Gasteiger partial charge in [-0.2, -0.15) is 0 Å². The number of hydrogen-bond donors (Lipinski definition) is 0. The summed E-state index contributed by atoms with van der Waals surface area (Å²) in [6.45, 7) is 0. The number of nitrogens with zero attached hydrogens (tertiary/aromatic N) is 6. The summed E-state index contributed by atoms with van der Waals surface area (Å²) in [5.41, 5.74) is 22.5. The molecule has 16 rings (SSSR count). The maximum Gasteiger partial charge on any atom is 0.164 e. The van der Waals surface area contributed by atoms with E-state index in [1.165, 1.54) is 22.3 Å². The quantitative estimate of drug-likeness (QED) is 0.129. The maximum absolute atomic E-state index is 5.34. The van der Waals surface area contributed by atoms with Crippen molar-refractivity contribution in [1.29, 1.82) is 0 Å². The lowest BCUT2D eigenvalue weighted by Crippen LogP contribution is -2.04. The zero-order valence-corrected chi connectivity index (χ0v) is 46.7. The molecule has 0 saturated heterocycles.